The number of hydrazine groups is 1. The molecule has 0 saturated heterocycles. The number of aromatic nitrogens is 3. The van der Waals surface area contributed by atoms with Crippen molar-refractivity contribution in [3.63, 3.8) is 0 Å². The molecule has 0 bridgehead atoms. The van der Waals surface area contributed by atoms with E-state index in [1.807, 2.05) is 24.3 Å². The minimum absolute atomic E-state index is 0.0890. The van der Waals surface area contributed by atoms with Crippen LogP contribution in [0.5, 0.6) is 0 Å². The minimum Gasteiger partial charge on any atom is -0.361 e. The summed E-state index contributed by atoms with van der Waals surface area (Å²) >= 11 is 0. The van der Waals surface area contributed by atoms with Crippen molar-refractivity contribution in [2.75, 3.05) is 0 Å². The topological polar surface area (TPSA) is 91.8 Å². The monoisotopic (exact) mass is 435 g/mol. The van der Waals surface area contributed by atoms with Gasteiger partial charge in [-0.15, -0.1) is 0 Å². The van der Waals surface area contributed by atoms with Crippen LogP contribution >= 0.6 is 0 Å². The van der Waals surface area contributed by atoms with Crippen LogP contribution in [0.2, 0.25) is 0 Å². The van der Waals surface area contributed by atoms with Gasteiger partial charge < -0.3 is 4.98 Å². The maximum atomic E-state index is 13.7. The first-order chi connectivity index (χ1) is 15.5. The predicted octanol–water partition coefficient (Wildman–Crippen LogP) is 3.12. The molecule has 1 aliphatic carbocycles. The number of amides is 2. The van der Waals surface area contributed by atoms with Crippen molar-refractivity contribution in [1.82, 2.24) is 25.6 Å². The average Bonchev–Trinajstić information content (AvgIpc) is 3.50. The first-order valence-electron chi connectivity index (χ1n) is 10.2. The molecule has 162 valence electrons. The predicted molar refractivity (Wildman–Crippen MR) is 113 cm³/mol. The molecule has 2 aromatic carbocycles. The Morgan fingerprint density at radius 2 is 1.91 bits per heavy atom. The molecule has 0 unspecified atom stereocenters. The summed E-state index contributed by atoms with van der Waals surface area (Å²) in [5.74, 6) is -2.87. The smallest absolute Gasteiger partial charge is 0.290 e. The molecule has 0 atom stereocenters. The number of hydrogen-bond acceptors (Lipinski definition) is 3. The van der Waals surface area contributed by atoms with E-state index in [2.05, 4.69) is 20.9 Å². The normalized spacial score (nSPS) is 12.7. The van der Waals surface area contributed by atoms with Crippen molar-refractivity contribution < 1.29 is 18.4 Å². The molecule has 2 aromatic heterocycles. The van der Waals surface area contributed by atoms with E-state index in [0.29, 0.717) is 18.5 Å². The molecular formula is C23H19F2N5O2. The van der Waals surface area contributed by atoms with Gasteiger partial charge in [0.1, 0.15) is 0 Å². The lowest BCUT2D eigenvalue weighted by atomic mass is 10.1. The lowest BCUT2D eigenvalue weighted by molar-refractivity contribution is -0.121. The van der Waals surface area contributed by atoms with Crippen molar-refractivity contribution >= 4 is 22.7 Å². The van der Waals surface area contributed by atoms with Gasteiger partial charge in [-0.2, -0.15) is 5.10 Å². The summed E-state index contributed by atoms with van der Waals surface area (Å²) in [5, 5.41) is 5.27. The SMILES string of the molecule is O=C(Cc1c[nH]c2ccccc12)NNC(=O)c1nn(-c2ccc(F)c(F)c2)c2c1CCC2. The van der Waals surface area contributed by atoms with Crippen LogP contribution in [0.3, 0.4) is 0 Å². The van der Waals surface area contributed by atoms with E-state index < -0.39 is 17.5 Å². The lowest BCUT2D eigenvalue weighted by Gasteiger charge is -2.07. The molecule has 7 nitrogen and oxygen atoms in total. The van der Waals surface area contributed by atoms with Gasteiger partial charge in [-0.1, -0.05) is 18.2 Å². The second-order valence-electron chi connectivity index (χ2n) is 7.68. The van der Waals surface area contributed by atoms with E-state index in [0.717, 1.165) is 46.3 Å². The molecule has 9 heteroatoms. The molecule has 0 radical (unpaired) electrons. The Kier molecular flexibility index (Phi) is 4.93. The number of fused-ring (bicyclic) bond motifs is 2. The summed E-state index contributed by atoms with van der Waals surface area (Å²) in [7, 11) is 0. The van der Waals surface area contributed by atoms with Crippen molar-refractivity contribution in [3.05, 3.63) is 82.8 Å². The third-order valence-corrected chi connectivity index (χ3v) is 5.63. The standard InChI is InChI=1S/C23H19F2N5O2/c24-17-9-8-14(11-18(17)25)30-20-7-3-5-16(20)22(29-30)23(32)28-27-21(31)10-13-12-26-19-6-2-1-4-15(13)19/h1-2,4,6,8-9,11-12,26H,3,5,7,10H2,(H,27,31)(H,28,32). The summed E-state index contributed by atoms with van der Waals surface area (Å²) in [5.41, 5.74) is 8.62. The highest BCUT2D eigenvalue weighted by atomic mass is 19.2. The van der Waals surface area contributed by atoms with Crippen LogP contribution in [-0.2, 0) is 24.1 Å². The van der Waals surface area contributed by atoms with Gasteiger partial charge in [-0.05, 0) is 43.0 Å². The molecule has 5 rings (SSSR count). The summed E-state index contributed by atoms with van der Waals surface area (Å²) in [6.45, 7) is 0. The number of nitrogens with zero attached hydrogens (tertiary/aromatic N) is 2. The lowest BCUT2D eigenvalue weighted by Crippen LogP contribution is -2.42. The molecular weight excluding hydrogens is 416 g/mol. The molecule has 2 amide bonds. The number of para-hydroxylation sites is 1. The van der Waals surface area contributed by atoms with Crippen LogP contribution in [-0.4, -0.2) is 26.6 Å². The van der Waals surface area contributed by atoms with Gasteiger partial charge in [0, 0.05) is 34.4 Å². The van der Waals surface area contributed by atoms with Gasteiger partial charge in [0.15, 0.2) is 17.3 Å². The number of nitrogens with one attached hydrogen (secondary N) is 3. The molecule has 3 N–H and O–H groups in total. The highest BCUT2D eigenvalue weighted by molar-refractivity contribution is 5.96. The second-order valence-corrected chi connectivity index (χ2v) is 7.68. The van der Waals surface area contributed by atoms with Crippen LogP contribution in [0, 0.1) is 11.6 Å². The second kappa shape index (κ2) is 7.92. The number of rotatable bonds is 4. The van der Waals surface area contributed by atoms with Crippen LogP contribution in [0.4, 0.5) is 8.78 Å². The van der Waals surface area contributed by atoms with Gasteiger partial charge in [0.2, 0.25) is 5.91 Å². The van der Waals surface area contributed by atoms with Gasteiger partial charge in [-0.3, -0.25) is 20.4 Å². The molecule has 1 aliphatic rings. The van der Waals surface area contributed by atoms with E-state index in [-0.39, 0.29) is 18.0 Å². The molecule has 0 fully saturated rings. The number of carbonyl (C=O) groups is 2. The highest BCUT2D eigenvalue weighted by Crippen LogP contribution is 2.28. The van der Waals surface area contributed by atoms with Crippen molar-refractivity contribution in [2.24, 2.45) is 0 Å². The van der Waals surface area contributed by atoms with E-state index in [1.54, 1.807) is 6.20 Å². The first kappa shape index (κ1) is 19.9. The maximum Gasteiger partial charge on any atom is 0.290 e. The third-order valence-electron chi connectivity index (χ3n) is 5.63. The molecule has 2 heterocycles. The number of halogens is 2. The number of hydrogen-bond donors (Lipinski definition) is 3. The third kappa shape index (κ3) is 3.51. The minimum atomic E-state index is -0.986. The van der Waals surface area contributed by atoms with E-state index in [9.17, 15) is 18.4 Å². The Bertz CT molecular complexity index is 1360. The fourth-order valence-corrected chi connectivity index (χ4v) is 4.13. The fraction of sp³-hybridized carbons (Fsp3) is 0.174. The maximum absolute atomic E-state index is 13.7. The zero-order valence-corrected chi connectivity index (χ0v) is 16.9. The number of benzene rings is 2. The Labute approximate surface area is 181 Å². The quantitative estimate of drug-likeness (QED) is 0.430. The number of aromatic amines is 1. The molecule has 0 saturated carbocycles. The van der Waals surface area contributed by atoms with E-state index in [1.165, 1.54) is 10.7 Å². The molecule has 0 aliphatic heterocycles. The van der Waals surface area contributed by atoms with Crippen molar-refractivity contribution in [2.45, 2.75) is 25.7 Å². The summed E-state index contributed by atoms with van der Waals surface area (Å²) in [6.07, 6.45) is 3.99. The van der Waals surface area contributed by atoms with E-state index >= 15 is 0 Å². The van der Waals surface area contributed by atoms with Gasteiger partial charge in [-0.25, -0.2) is 13.5 Å². The van der Waals surface area contributed by atoms with Crippen molar-refractivity contribution in [3.8, 4) is 5.69 Å². The fourth-order valence-electron chi connectivity index (χ4n) is 4.13. The zero-order chi connectivity index (χ0) is 22.2. The molecule has 0 spiro atoms. The summed E-state index contributed by atoms with van der Waals surface area (Å²) < 4.78 is 28.5. The summed E-state index contributed by atoms with van der Waals surface area (Å²) in [6, 6.07) is 11.1. The Morgan fingerprint density at radius 1 is 1.06 bits per heavy atom. The Hall–Kier alpha value is -4.01. The highest BCUT2D eigenvalue weighted by Gasteiger charge is 2.27. The average molecular weight is 435 g/mol. The van der Waals surface area contributed by atoms with Crippen LogP contribution < -0.4 is 10.9 Å². The van der Waals surface area contributed by atoms with Gasteiger partial charge in [0.25, 0.3) is 5.91 Å². The van der Waals surface area contributed by atoms with Gasteiger partial charge in [0.05, 0.1) is 12.1 Å². The molecule has 4 aromatic rings. The molecule has 32 heavy (non-hydrogen) atoms. The van der Waals surface area contributed by atoms with Crippen LogP contribution in [0.25, 0.3) is 16.6 Å². The largest absolute Gasteiger partial charge is 0.361 e. The summed E-state index contributed by atoms with van der Waals surface area (Å²) in [4.78, 5) is 28.2. The van der Waals surface area contributed by atoms with Gasteiger partial charge >= 0.3 is 0 Å². The number of carbonyl (C=O) groups excluding carboxylic acids is 2. The van der Waals surface area contributed by atoms with Crippen molar-refractivity contribution in [1.29, 1.82) is 0 Å². The number of H-pyrrole nitrogens is 1. The Morgan fingerprint density at radius 3 is 2.75 bits per heavy atom. The van der Waals surface area contributed by atoms with Crippen LogP contribution in [0.15, 0.2) is 48.7 Å². The van der Waals surface area contributed by atoms with Crippen LogP contribution in [0.1, 0.15) is 33.7 Å². The van der Waals surface area contributed by atoms with E-state index in [4.69, 9.17) is 0 Å². The Balaban J connectivity index is 1.31. The first-order valence-corrected chi connectivity index (χ1v) is 10.2. The zero-order valence-electron chi connectivity index (χ0n) is 16.9.